The smallest absolute Gasteiger partial charge is 0.276 e. The summed E-state index contributed by atoms with van der Waals surface area (Å²) in [4.78, 5) is 42.3. The van der Waals surface area contributed by atoms with Crippen molar-refractivity contribution in [3.63, 3.8) is 0 Å². The summed E-state index contributed by atoms with van der Waals surface area (Å²) < 4.78 is 26.8. The van der Waals surface area contributed by atoms with Gasteiger partial charge in [-0.1, -0.05) is 63.2 Å². The molecule has 2 amide bonds. The summed E-state index contributed by atoms with van der Waals surface area (Å²) in [5, 5.41) is 2.71. The van der Waals surface area contributed by atoms with E-state index in [1.165, 1.54) is 18.3 Å². The molecule has 0 saturated carbocycles. The summed E-state index contributed by atoms with van der Waals surface area (Å²) in [5.41, 5.74) is 0.551. The van der Waals surface area contributed by atoms with Crippen LogP contribution in [0.3, 0.4) is 0 Å². The van der Waals surface area contributed by atoms with Crippen LogP contribution in [0.25, 0.3) is 0 Å². The number of aromatic nitrogens is 1. The van der Waals surface area contributed by atoms with Crippen molar-refractivity contribution in [1.29, 1.82) is 0 Å². The van der Waals surface area contributed by atoms with Gasteiger partial charge in [-0.2, -0.15) is 0 Å². The number of nitrogens with one attached hydrogen (secondary N) is 1. The number of amides is 2. The molecule has 1 aromatic heterocycles. The molecule has 0 bridgehead atoms. The maximum Gasteiger partial charge on any atom is 0.276 e. The van der Waals surface area contributed by atoms with E-state index in [-0.39, 0.29) is 59.9 Å². The lowest BCUT2D eigenvalue weighted by Gasteiger charge is -2.39. The molecule has 0 aliphatic carbocycles. The average Bonchev–Trinajstić information content (AvgIpc) is 3.33. The Bertz CT molecular complexity index is 1410. The largest absolute Gasteiger partial charge is 0.483 e. The maximum absolute atomic E-state index is 13.8. The van der Waals surface area contributed by atoms with Crippen LogP contribution in [0.15, 0.2) is 65.6 Å². The van der Waals surface area contributed by atoms with Gasteiger partial charge < -0.3 is 24.3 Å². The number of hydrogen-bond donors (Lipinski definition) is 1. The van der Waals surface area contributed by atoms with Crippen LogP contribution in [0.2, 0.25) is 0 Å². The highest BCUT2D eigenvalue weighted by atomic mass is 19.1. The van der Waals surface area contributed by atoms with Crippen molar-refractivity contribution in [1.82, 2.24) is 14.8 Å². The minimum Gasteiger partial charge on any atom is -0.483 e. The fourth-order valence-electron chi connectivity index (χ4n) is 4.84. The van der Waals surface area contributed by atoms with Gasteiger partial charge in [-0.25, -0.2) is 4.39 Å². The zero-order valence-corrected chi connectivity index (χ0v) is 21.6. The van der Waals surface area contributed by atoms with Crippen LogP contribution >= 0.6 is 0 Å². The number of pyridine rings is 1. The van der Waals surface area contributed by atoms with Gasteiger partial charge in [-0.05, 0) is 28.7 Å². The van der Waals surface area contributed by atoms with E-state index in [9.17, 15) is 18.8 Å². The third-order valence-corrected chi connectivity index (χ3v) is 6.96. The van der Waals surface area contributed by atoms with Gasteiger partial charge in [0.15, 0.2) is 17.7 Å². The molecule has 1 fully saturated rings. The summed E-state index contributed by atoms with van der Waals surface area (Å²) in [7, 11) is 0. The van der Waals surface area contributed by atoms with Gasteiger partial charge in [0.05, 0.1) is 19.2 Å². The second kappa shape index (κ2) is 10.1. The monoisotopic (exact) mass is 519 g/mol. The number of halogens is 1. The first kappa shape index (κ1) is 25.7. The first-order valence-electron chi connectivity index (χ1n) is 12.5. The molecule has 3 aromatic rings. The number of carbonyl (C=O) groups is 2. The van der Waals surface area contributed by atoms with Crippen LogP contribution in [0.4, 0.5) is 4.39 Å². The van der Waals surface area contributed by atoms with E-state index in [2.05, 4.69) is 5.32 Å². The standard InChI is InChI=1S/C29H30FN3O5/c1-29(2,3)22-17-37-23-15-32-14-21(27(35)31-13-18-9-11-20(30)12-10-18)25(34)26(24(32)28(36)33(22)23)38-16-19-7-5-4-6-8-19/h4-12,14,22-23H,13,15-17H2,1-3H3,(H,31,35)/t22-,23-/m1/s1. The average molecular weight is 520 g/mol. The highest BCUT2D eigenvalue weighted by Crippen LogP contribution is 2.37. The van der Waals surface area contributed by atoms with E-state index in [0.29, 0.717) is 12.2 Å². The molecule has 9 heteroatoms. The summed E-state index contributed by atoms with van der Waals surface area (Å²) >= 11 is 0. The zero-order valence-electron chi connectivity index (χ0n) is 21.6. The van der Waals surface area contributed by atoms with Gasteiger partial charge >= 0.3 is 0 Å². The molecule has 198 valence electrons. The topological polar surface area (TPSA) is 89.9 Å². The van der Waals surface area contributed by atoms with E-state index in [1.807, 2.05) is 51.1 Å². The number of fused-ring (bicyclic) bond motifs is 2. The van der Waals surface area contributed by atoms with E-state index >= 15 is 0 Å². The van der Waals surface area contributed by atoms with Crippen molar-refractivity contribution in [2.24, 2.45) is 5.41 Å². The van der Waals surface area contributed by atoms with Crippen LogP contribution in [0, 0.1) is 11.2 Å². The number of ether oxygens (including phenoxy) is 2. The van der Waals surface area contributed by atoms with Crippen molar-refractivity contribution >= 4 is 11.8 Å². The van der Waals surface area contributed by atoms with Crippen molar-refractivity contribution in [3.8, 4) is 5.75 Å². The molecular weight excluding hydrogens is 489 g/mol. The quantitative estimate of drug-likeness (QED) is 0.536. The lowest BCUT2D eigenvalue weighted by Crippen LogP contribution is -2.53. The van der Waals surface area contributed by atoms with Crippen LogP contribution < -0.4 is 15.5 Å². The normalized spacial score (nSPS) is 18.6. The molecule has 0 spiro atoms. The van der Waals surface area contributed by atoms with E-state index < -0.39 is 17.6 Å². The number of benzene rings is 2. The third-order valence-electron chi connectivity index (χ3n) is 6.96. The highest BCUT2D eigenvalue weighted by Gasteiger charge is 2.48. The molecule has 0 unspecified atom stereocenters. The minimum atomic E-state index is -0.664. The Morgan fingerprint density at radius 2 is 1.79 bits per heavy atom. The van der Waals surface area contributed by atoms with Crippen LogP contribution in [-0.4, -0.2) is 40.2 Å². The van der Waals surface area contributed by atoms with Crippen molar-refractivity contribution in [2.45, 2.75) is 52.7 Å². The SMILES string of the molecule is CC(C)(C)[C@H]1CO[C@@H]2Cn3cc(C(=O)NCc4ccc(F)cc4)c(=O)c(OCc4ccccc4)c3C(=O)N21. The first-order chi connectivity index (χ1) is 18.1. The summed E-state index contributed by atoms with van der Waals surface area (Å²) in [6.07, 6.45) is 0.884. The fraction of sp³-hybridized carbons (Fsp3) is 0.345. The Kier molecular flexibility index (Phi) is 6.79. The lowest BCUT2D eigenvalue weighted by atomic mass is 9.86. The molecule has 2 atom stereocenters. The number of rotatable bonds is 6. The molecule has 5 rings (SSSR count). The molecular formula is C29H30FN3O5. The predicted molar refractivity (Wildman–Crippen MR) is 138 cm³/mol. The molecule has 2 aliphatic rings. The molecule has 1 saturated heterocycles. The first-order valence-corrected chi connectivity index (χ1v) is 12.5. The Morgan fingerprint density at radius 1 is 1.08 bits per heavy atom. The van der Waals surface area contributed by atoms with Crippen molar-refractivity contribution < 1.29 is 23.5 Å². The summed E-state index contributed by atoms with van der Waals surface area (Å²) in [6.45, 7) is 6.92. The van der Waals surface area contributed by atoms with Crippen molar-refractivity contribution in [3.05, 3.63) is 99.2 Å². The second-order valence-corrected chi connectivity index (χ2v) is 10.7. The predicted octanol–water partition coefficient (Wildman–Crippen LogP) is 3.72. The van der Waals surface area contributed by atoms with E-state index in [4.69, 9.17) is 9.47 Å². The summed E-state index contributed by atoms with van der Waals surface area (Å²) in [6, 6.07) is 14.8. The highest BCUT2D eigenvalue weighted by molar-refractivity contribution is 5.99. The van der Waals surface area contributed by atoms with E-state index in [0.717, 1.165) is 5.56 Å². The molecule has 2 aliphatic heterocycles. The minimum absolute atomic E-state index is 0.0552. The number of nitrogens with zero attached hydrogens (tertiary/aromatic N) is 2. The number of hydrogen-bond acceptors (Lipinski definition) is 5. The van der Waals surface area contributed by atoms with E-state index in [1.54, 1.807) is 21.6 Å². The molecule has 8 nitrogen and oxygen atoms in total. The molecule has 0 radical (unpaired) electrons. The van der Waals surface area contributed by atoms with Gasteiger partial charge in [-0.15, -0.1) is 0 Å². The Labute approximate surface area is 220 Å². The van der Waals surface area contributed by atoms with Crippen LogP contribution in [-0.2, 0) is 24.4 Å². The van der Waals surface area contributed by atoms with Gasteiger partial charge in [0.25, 0.3) is 11.8 Å². The van der Waals surface area contributed by atoms with Crippen LogP contribution in [0.5, 0.6) is 5.75 Å². The zero-order chi connectivity index (χ0) is 27.0. The van der Waals surface area contributed by atoms with Crippen molar-refractivity contribution in [2.75, 3.05) is 6.61 Å². The molecule has 2 aromatic carbocycles. The molecule has 3 heterocycles. The Balaban J connectivity index is 1.51. The second-order valence-electron chi connectivity index (χ2n) is 10.7. The molecule has 1 N–H and O–H groups in total. The van der Waals surface area contributed by atoms with Gasteiger partial charge in [0, 0.05) is 12.7 Å². The Morgan fingerprint density at radius 3 is 2.47 bits per heavy atom. The van der Waals surface area contributed by atoms with Gasteiger partial charge in [-0.3, -0.25) is 14.4 Å². The van der Waals surface area contributed by atoms with Gasteiger partial charge in [0.1, 0.15) is 18.0 Å². The number of carbonyl (C=O) groups excluding carboxylic acids is 2. The fourth-order valence-corrected chi connectivity index (χ4v) is 4.84. The lowest BCUT2D eigenvalue weighted by molar-refractivity contribution is 0.00127. The summed E-state index contributed by atoms with van der Waals surface area (Å²) in [5.74, 6) is -1.52. The van der Waals surface area contributed by atoms with Gasteiger partial charge in [0.2, 0.25) is 5.43 Å². The maximum atomic E-state index is 13.8. The molecule has 38 heavy (non-hydrogen) atoms. The Hall–Kier alpha value is -3.98. The van der Waals surface area contributed by atoms with Crippen LogP contribution in [0.1, 0.15) is 52.7 Å². The third kappa shape index (κ3) is 4.93.